The van der Waals surface area contributed by atoms with E-state index in [0.29, 0.717) is 0 Å². The maximum absolute atomic E-state index is 10.9. The number of carboxylic acids is 1. The van der Waals surface area contributed by atoms with E-state index < -0.39 is 5.97 Å². The Bertz CT molecular complexity index is 597. The molecule has 0 unspecified atom stereocenters. The quantitative estimate of drug-likeness (QED) is 0.779. The number of benzene rings is 1. The zero-order valence-electron chi connectivity index (χ0n) is 11.3. The van der Waals surface area contributed by atoms with Gasteiger partial charge in [0, 0.05) is 25.5 Å². The number of carbonyl (C=O) groups is 1. The zero-order chi connectivity index (χ0) is 14.0. The van der Waals surface area contributed by atoms with Crippen LogP contribution in [-0.4, -0.2) is 79.3 Å². The van der Waals surface area contributed by atoms with Gasteiger partial charge in [0.05, 0.1) is 11.1 Å². The molecule has 0 aliphatic rings. The van der Waals surface area contributed by atoms with Crippen molar-refractivity contribution in [3.63, 3.8) is 0 Å². The molecule has 1 aromatic carbocycles. The van der Waals surface area contributed by atoms with Gasteiger partial charge in [0.15, 0.2) is 5.82 Å². The van der Waals surface area contributed by atoms with E-state index in [0.717, 1.165) is 29.8 Å². The van der Waals surface area contributed by atoms with Gasteiger partial charge in [-0.3, -0.25) is 5.10 Å². The number of likely N-dealkylation sites (N-methyl/N-ethyl adjacent to an activating group) is 2. The molecule has 0 saturated heterocycles. The zero-order valence-corrected chi connectivity index (χ0v) is 11.3. The molecule has 0 bridgehead atoms. The SMILES string of the molecule is CN(C)CCN(C)c1n[nH]c2cc(C(=O)O)ccc12.[LiH]. The molecule has 0 aliphatic carbocycles. The number of hydrogen-bond acceptors (Lipinski definition) is 4. The van der Waals surface area contributed by atoms with Crippen LogP contribution in [0.15, 0.2) is 18.2 Å². The Morgan fingerprint density at radius 2 is 2.00 bits per heavy atom. The van der Waals surface area contributed by atoms with Crippen LogP contribution >= 0.6 is 0 Å². The summed E-state index contributed by atoms with van der Waals surface area (Å²) in [5, 5.41) is 17.0. The minimum atomic E-state index is -0.931. The van der Waals surface area contributed by atoms with E-state index in [2.05, 4.69) is 20.0 Å². The third kappa shape index (κ3) is 3.54. The number of nitrogens with one attached hydrogen (secondary N) is 1. The van der Waals surface area contributed by atoms with Crippen molar-refractivity contribution in [2.75, 3.05) is 39.1 Å². The molecular weight excluding hydrogens is 251 g/mol. The number of aromatic nitrogens is 2. The number of anilines is 1. The van der Waals surface area contributed by atoms with Crippen LogP contribution in [0.2, 0.25) is 0 Å². The Labute approximate surface area is 129 Å². The van der Waals surface area contributed by atoms with E-state index in [1.165, 1.54) is 0 Å². The molecule has 0 saturated carbocycles. The molecule has 0 radical (unpaired) electrons. The monoisotopic (exact) mass is 270 g/mol. The van der Waals surface area contributed by atoms with Gasteiger partial charge >= 0.3 is 24.8 Å². The molecule has 2 rings (SSSR count). The molecule has 20 heavy (non-hydrogen) atoms. The summed E-state index contributed by atoms with van der Waals surface area (Å²) < 4.78 is 0. The van der Waals surface area contributed by atoms with Gasteiger partial charge in [0.2, 0.25) is 0 Å². The minimum absolute atomic E-state index is 0. The van der Waals surface area contributed by atoms with Gasteiger partial charge in [-0.15, -0.1) is 0 Å². The van der Waals surface area contributed by atoms with Crippen molar-refractivity contribution >= 4 is 41.6 Å². The average Bonchev–Trinajstić information content (AvgIpc) is 2.78. The first-order valence-corrected chi connectivity index (χ1v) is 6.06. The molecule has 0 amide bonds. The van der Waals surface area contributed by atoms with Gasteiger partial charge in [0.1, 0.15) is 0 Å². The normalized spacial score (nSPS) is 10.6. The molecule has 0 spiro atoms. The van der Waals surface area contributed by atoms with E-state index in [4.69, 9.17) is 5.11 Å². The van der Waals surface area contributed by atoms with Crippen molar-refractivity contribution < 1.29 is 9.90 Å². The number of hydrogen-bond donors (Lipinski definition) is 2. The molecule has 0 fully saturated rings. The molecule has 0 atom stereocenters. The van der Waals surface area contributed by atoms with Gasteiger partial charge in [-0.25, -0.2) is 4.79 Å². The van der Waals surface area contributed by atoms with E-state index in [1.807, 2.05) is 21.1 Å². The summed E-state index contributed by atoms with van der Waals surface area (Å²) in [7, 11) is 6.02. The number of carboxylic acid groups (broad SMARTS) is 1. The summed E-state index contributed by atoms with van der Waals surface area (Å²) in [5.74, 6) is -0.0900. The number of rotatable bonds is 5. The standard InChI is InChI=1S/C13H18N4O2.Li.H/c1-16(2)6-7-17(3)12-10-5-4-9(13(18)19)8-11(10)14-15-12;;/h4-5,8H,6-7H2,1-3H3,(H,14,15)(H,18,19);;. The Kier molecular flexibility index (Phi) is 5.63. The Hall–Kier alpha value is -1.48. The summed E-state index contributed by atoms with van der Waals surface area (Å²) >= 11 is 0. The van der Waals surface area contributed by atoms with Gasteiger partial charge < -0.3 is 14.9 Å². The van der Waals surface area contributed by atoms with Gasteiger partial charge in [-0.2, -0.15) is 5.10 Å². The van der Waals surface area contributed by atoms with Crippen molar-refractivity contribution in [2.24, 2.45) is 0 Å². The predicted molar refractivity (Wildman–Crippen MR) is 82.0 cm³/mol. The second-order valence-electron chi connectivity index (χ2n) is 4.84. The van der Waals surface area contributed by atoms with E-state index in [9.17, 15) is 4.79 Å². The maximum atomic E-state index is 10.9. The third-order valence-corrected chi connectivity index (χ3v) is 3.03. The number of fused-ring (bicyclic) bond motifs is 1. The summed E-state index contributed by atoms with van der Waals surface area (Å²) in [4.78, 5) is 15.1. The van der Waals surface area contributed by atoms with Crippen LogP contribution in [-0.2, 0) is 0 Å². The number of H-pyrrole nitrogens is 1. The molecular formula is C13H19LiN4O2. The fourth-order valence-electron chi connectivity index (χ4n) is 1.89. The second-order valence-corrected chi connectivity index (χ2v) is 4.84. The van der Waals surface area contributed by atoms with Crippen LogP contribution in [0.25, 0.3) is 10.9 Å². The average molecular weight is 270 g/mol. The first kappa shape index (κ1) is 16.6. The molecule has 2 aromatic rings. The first-order chi connectivity index (χ1) is 8.99. The molecule has 1 heterocycles. The second kappa shape index (κ2) is 6.80. The molecule has 0 aliphatic heterocycles. The van der Waals surface area contributed by atoms with Crippen molar-refractivity contribution in [1.82, 2.24) is 15.1 Å². The number of nitrogens with zero attached hydrogens (tertiary/aromatic N) is 3. The molecule has 1 aromatic heterocycles. The fourth-order valence-corrected chi connectivity index (χ4v) is 1.89. The Balaban J connectivity index is 0.00000200. The van der Waals surface area contributed by atoms with E-state index in [1.54, 1.807) is 18.2 Å². The van der Waals surface area contributed by atoms with Crippen LogP contribution < -0.4 is 4.90 Å². The van der Waals surface area contributed by atoms with Crippen LogP contribution in [0.4, 0.5) is 5.82 Å². The topological polar surface area (TPSA) is 72.5 Å². The molecule has 7 heteroatoms. The van der Waals surface area contributed by atoms with Gasteiger partial charge in [-0.1, -0.05) is 0 Å². The summed E-state index contributed by atoms with van der Waals surface area (Å²) in [6.07, 6.45) is 0. The van der Waals surface area contributed by atoms with E-state index in [-0.39, 0.29) is 24.4 Å². The van der Waals surface area contributed by atoms with Gasteiger partial charge in [-0.05, 0) is 32.3 Å². The number of aromatic amines is 1. The van der Waals surface area contributed by atoms with Gasteiger partial charge in [0.25, 0.3) is 0 Å². The fraction of sp³-hybridized carbons (Fsp3) is 0.385. The van der Waals surface area contributed by atoms with Crippen molar-refractivity contribution in [1.29, 1.82) is 0 Å². The summed E-state index contributed by atoms with van der Waals surface area (Å²) in [6.45, 7) is 1.78. The van der Waals surface area contributed by atoms with E-state index >= 15 is 0 Å². The molecule has 6 nitrogen and oxygen atoms in total. The van der Waals surface area contributed by atoms with Crippen molar-refractivity contribution in [3.05, 3.63) is 23.8 Å². The third-order valence-electron chi connectivity index (χ3n) is 3.03. The van der Waals surface area contributed by atoms with Crippen molar-refractivity contribution in [2.45, 2.75) is 0 Å². The summed E-state index contributed by atoms with van der Waals surface area (Å²) in [5.41, 5.74) is 1.00. The Morgan fingerprint density at radius 3 is 2.60 bits per heavy atom. The van der Waals surface area contributed by atoms with Crippen LogP contribution in [0.3, 0.4) is 0 Å². The van der Waals surface area contributed by atoms with Crippen LogP contribution in [0.1, 0.15) is 10.4 Å². The van der Waals surface area contributed by atoms with Crippen molar-refractivity contribution in [3.8, 4) is 0 Å². The Morgan fingerprint density at radius 1 is 1.30 bits per heavy atom. The summed E-state index contributed by atoms with van der Waals surface area (Å²) in [6, 6.07) is 5.00. The molecule has 104 valence electrons. The first-order valence-electron chi connectivity index (χ1n) is 6.06. The van der Waals surface area contributed by atoms with Crippen LogP contribution in [0.5, 0.6) is 0 Å². The predicted octanol–water partition coefficient (Wildman–Crippen LogP) is 0.610. The number of aromatic carboxylic acids is 1. The van der Waals surface area contributed by atoms with Crippen LogP contribution in [0, 0.1) is 0 Å². The molecule has 2 N–H and O–H groups in total.